The van der Waals surface area contributed by atoms with Crippen LogP contribution < -0.4 is 4.74 Å². The van der Waals surface area contributed by atoms with E-state index in [1.807, 2.05) is 19.1 Å². The van der Waals surface area contributed by atoms with Crippen molar-refractivity contribution in [1.82, 2.24) is 0 Å². The molecule has 0 N–H and O–H groups in total. The normalized spacial score (nSPS) is 15.2. The molecular weight excluding hydrogens is 312 g/mol. The van der Waals surface area contributed by atoms with Gasteiger partial charge in [-0.2, -0.15) is 0 Å². The van der Waals surface area contributed by atoms with Crippen molar-refractivity contribution in [3.8, 4) is 16.9 Å². The molecule has 1 aliphatic rings. The van der Waals surface area contributed by atoms with Crippen molar-refractivity contribution >= 4 is 6.29 Å². The number of aldehydes is 1. The second-order valence-electron chi connectivity index (χ2n) is 6.94. The Morgan fingerprint density at radius 1 is 1.12 bits per heavy atom. The zero-order valence-electron chi connectivity index (χ0n) is 15.3. The maximum atomic E-state index is 11.2. The first kappa shape index (κ1) is 17.7. The first-order valence-electron chi connectivity index (χ1n) is 8.97. The number of hydrogen-bond donors (Lipinski definition) is 0. The molecule has 2 aromatic carbocycles. The summed E-state index contributed by atoms with van der Waals surface area (Å²) in [6.07, 6.45) is 3.08. The van der Waals surface area contributed by atoms with Crippen LogP contribution in [-0.2, 0) is 4.74 Å². The molecule has 0 amide bonds. The Balaban J connectivity index is 1.84. The zero-order valence-corrected chi connectivity index (χ0v) is 15.3. The Kier molecular flexibility index (Phi) is 5.54. The van der Waals surface area contributed by atoms with Crippen LogP contribution in [0.3, 0.4) is 0 Å². The van der Waals surface area contributed by atoms with E-state index in [9.17, 15) is 4.79 Å². The molecule has 25 heavy (non-hydrogen) atoms. The average molecular weight is 338 g/mol. The molecule has 0 aliphatic carbocycles. The van der Waals surface area contributed by atoms with Gasteiger partial charge >= 0.3 is 0 Å². The molecule has 0 saturated carbocycles. The van der Waals surface area contributed by atoms with Gasteiger partial charge in [-0.05, 0) is 79.5 Å². The van der Waals surface area contributed by atoms with E-state index in [-0.39, 0.29) is 0 Å². The number of ether oxygens (including phenoxy) is 2. The smallest absolute Gasteiger partial charge is 0.150 e. The van der Waals surface area contributed by atoms with Crippen LogP contribution in [0.5, 0.6) is 5.75 Å². The molecule has 0 radical (unpaired) electrons. The number of hydrogen-bond acceptors (Lipinski definition) is 3. The predicted octanol–water partition coefficient (Wildman–Crippen LogP) is 4.90. The van der Waals surface area contributed by atoms with E-state index >= 15 is 0 Å². The number of rotatable bonds is 5. The Bertz CT molecular complexity index is 735. The highest BCUT2D eigenvalue weighted by molar-refractivity contribution is 5.84. The standard InChI is InChI=1S/C22H26O3/c1-15-11-20(25-14-18-7-9-24-10-8-18)12-16(2)22(15)21-6-4-5-19(13-23)17(21)3/h4-6,11-13,18H,7-10,14H2,1-3H3. The highest BCUT2D eigenvalue weighted by atomic mass is 16.5. The summed E-state index contributed by atoms with van der Waals surface area (Å²) in [7, 11) is 0. The van der Waals surface area contributed by atoms with Crippen molar-refractivity contribution < 1.29 is 14.3 Å². The monoisotopic (exact) mass is 338 g/mol. The van der Waals surface area contributed by atoms with Crippen LogP contribution in [-0.4, -0.2) is 26.1 Å². The zero-order chi connectivity index (χ0) is 17.8. The number of carbonyl (C=O) groups is 1. The van der Waals surface area contributed by atoms with Gasteiger partial charge in [0.2, 0.25) is 0 Å². The molecule has 1 aliphatic heterocycles. The van der Waals surface area contributed by atoms with Gasteiger partial charge in [0.15, 0.2) is 0 Å². The Hall–Kier alpha value is -2.13. The molecule has 0 unspecified atom stereocenters. The predicted molar refractivity (Wildman–Crippen MR) is 101 cm³/mol. The molecule has 3 nitrogen and oxygen atoms in total. The fourth-order valence-electron chi connectivity index (χ4n) is 3.61. The van der Waals surface area contributed by atoms with Crippen LogP contribution in [0.2, 0.25) is 0 Å². The molecule has 1 fully saturated rings. The summed E-state index contributed by atoms with van der Waals surface area (Å²) >= 11 is 0. The highest BCUT2D eigenvalue weighted by Gasteiger charge is 2.16. The molecule has 0 atom stereocenters. The summed E-state index contributed by atoms with van der Waals surface area (Å²) in [5.74, 6) is 1.51. The summed E-state index contributed by atoms with van der Waals surface area (Å²) in [6.45, 7) is 8.66. The third-order valence-electron chi connectivity index (χ3n) is 5.10. The van der Waals surface area contributed by atoms with Crippen LogP contribution in [0.4, 0.5) is 0 Å². The molecule has 132 valence electrons. The summed E-state index contributed by atoms with van der Waals surface area (Å²) in [4.78, 5) is 11.2. The number of aryl methyl sites for hydroxylation is 2. The van der Waals surface area contributed by atoms with Crippen LogP contribution in [0, 0.1) is 26.7 Å². The number of carbonyl (C=O) groups excluding carboxylic acids is 1. The van der Waals surface area contributed by atoms with E-state index in [2.05, 4.69) is 32.0 Å². The van der Waals surface area contributed by atoms with E-state index in [0.717, 1.165) is 61.4 Å². The Morgan fingerprint density at radius 2 is 1.80 bits per heavy atom. The molecule has 2 aromatic rings. The maximum Gasteiger partial charge on any atom is 0.150 e. The van der Waals surface area contributed by atoms with E-state index < -0.39 is 0 Å². The average Bonchev–Trinajstić information content (AvgIpc) is 2.62. The molecule has 1 saturated heterocycles. The van der Waals surface area contributed by atoms with Crippen molar-refractivity contribution in [3.05, 3.63) is 52.6 Å². The van der Waals surface area contributed by atoms with E-state index in [1.165, 1.54) is 16.7 Å². The van der Waals surface area contributed by atoms with Gasteiger partial charge in [-0.15, -0.1) is 0 Å². The minimum absolute atomic E-state index is 0.584. The van der Waals surface area contributed by atoms with Gasteiger partial charge in [-0.1, -0.05) is 18.2 Å². The van der Waals surface area contributed by atoms with E-state index in [4.69, 9.17) is 9.47 Å². The van der Waals surface area contributed by atoms with Crippen LogP contribution >= 0.6 is 0 Å². The fraction of sp³-hybridized carbons (Fsp3) is 0.409. The lowest BCUT2D eigenvalue weighted by Gasteiger charge is -2.23. The van der Waals surface area contributed by atoms with Crippen molar-refractivity contribution in [3.63, 3.8) is 0 Å². The summed E-state index contributed by atoms with van der Waals surface area (Å²) in [6, 6.07) is 10.1. The van der Waals surface area contributed by atoms with Crippen molar-refractivity contribution in [2.75, 3.05) is 19.8 Å². The third-order valence-corrected chi connectivity index (χ3v) is 5.10. The van der Waals surface area contributed by atoms with Gasteiger partial charge in [-0.3, -0.25) is 4.79 Å². The summed E-state index contributed by atoms with van der Waals surface area (Å²) in [5.41, 5.74) is 6.44. The molecule has 3 rings (SSSR count). The van der Waals surface area contributed by atoms with Gasteiger partial charge in [-0.25, -0.2) is 0 Å². The largest absolute Gasteiger partial charge is 0.493 e. The molecule has 3 heteroatoms. The van der Waals surface area contributed by atoms with Gasteiger partial charge < -0.3 is 9.47 Å². The fourth-order valence-corrected chi connectivity index (χ4v) is 3.61. The molecule has 0 spiro atoms. The lowest BCUT2D eigenvalue weighted by atomic mass is 9.90. The second-order valence-corrected chi connectivity index (χ2v) is 6.94. The SMILES string of the molecule is Cc1cc(OCC2CCOCC2)cc(C)c1-c1cccc(C=O)c1C. The minimum Gasteiger partial charge on any atom is -0.493 e. The van der Waals surface area contributed by atoms with Gasteiger partial charge in [0.25, 0.3) is 0 Å². The van der Waals surface area contributed by atoms with Gasteiger partial charge in [0.05, 0.1) is 6.61 Å². The topological polar surface area (TPSA) is 35.5 Å². The molecule has 0 bridgehead atoms. The van der Waals surface area contributed by atoms with Crippen LogP contribution in [0.1, 0.15) is 39.9 Å². The van der Waals surface area contributed by atoms with Crippen molar-refractivity contribution in [2.24, 2.45) is 5.92 Å². The minimum atomic E-state index is 0.584. The summed E-state index contributed by atoms with van der Waals surface area (Å²) < 4.78 is 11.5. The summed E-state index contributed by atoms with van der Waals surface area (Å²) in [5, 5.41) is 0. The van der Waals surface area contributed by atoms with Gasteiger partial charge in [0, 0.05) is 18.8 Å². The molecule has 0 aromatic heterocycles. The van der Waals surface area contributed by atoms with Crippen LogP contribution in [0.25, 0.3) is 11.1 Å². The lowest BCUT2D eigenvalue weighted by molar-refractivity contribution is 0.0497. The van der Waals surface area contributed by atoms with Gasteiger partial charge in [0.1, 0.15) is 12.0 Å². The van der Waals surface area contributed by atoms with E-state index in [0.29, 0.717) is 5.92 Å². The Morgan fingerprint density at radius 3 is 2.44 bits per heavy atom. The first-order valence-corrected chi connectivity index (χ1v) is 8.97. The first-order chi connectivity index (χ1) is 12.1. The van der Waals surface area contributed by atoms with Crippen LogP contribution in [0.15, 0.2) is 30.3 Å². The Labute approximate surface area is 150 Å². The quantitative estimate of drug-likeness (QED) is 0.728. The molecular formula is C22H26O3. The maximum absolute atomic E-state index is 11.2. The highest BCUT2D eigenvalue weighted by Crippen LogP contribution is 2.34. The third kappa shape index (κ3) is 3.93. The number of benzene rings is 2. The lowest BCUT2D eigenvalue weighted by Crippen LogP contribution is -2.21. The van der Waals surface area contributed by atoms with Crippen molar-refractivity contribution in [2.45, 2.75) is 33.6 Å². The molecule has 1 heterocycles. The van der Waals surface area contributed by atoms with E-state index in [1.54, 1.807) is 0 Å². The second kappa shape index (κ2) is 7.83. The van der Waals surface area contributed by atoms with Crippen molar-refractivity contribution in [1.29, 1.82) is 0 Å².